The third kappa shape index (κ3) is 5.70. The van der Waals surface area contributed by atoms with Crippen molar-refractivity contribution < 1.29 is 4.79 Å². The van der Waals surface area contributed by atoms with E-state index in [9.17, 15) is 4.79 Å². The number of hydrogen-bond donors (Lipinski definition) is 2. The highest BCUT2D eigenvalue weighted by Gasteiger charge is 2.00. The van der Waals surface area contributed by atoms with Crippen molar-refractivity contribution in [2.75, 3.05) is 27.2 Å². The highest BCUT2D eigenvalue weighted by molar-refractivity contribution is 9.10. The Kier molecular flexibility index (Phi) is 6.00. The zero-order valence-electron chi connectivity index (χ0n) is 10.2. The van der Waals surface area contributed by atoms with Crippen LogP contribution in [0.3, 0.4) is 0 Å². The molecule has 0 spiro atoms. The summed E-state index contributed by atoms with van der Waals surface area (Å²) < 4.78 is 1.08. The summed E-state index contributed by atoms with van der Waals surface area (Å²) in [6.07, 6.45) is 0. The molecule has 0 unspecified atom stereocenters. The largest absolute Gasteiger partial charge is 0.337 e. The van der Waals surface area contributed by atoms with E-state index >= 15 is 0 Å². The number of hydrogen-bond acceptors (Lipinski definition) is 2. The third-order valence-corrected chi connectivity index (χ3v) is 2.76. The zero-order valence-corrected chi connectivity index (χ0v) is 11.8. The molecule has 0 saturated heterocycles. The summed E-state index contributed by atoms with van der Waals surface area (Å²) >= 11 is 3.40. The molecule has 1 aromatic rings. The normalized spacial score (nSPS) is 10.1. The van der Waals surface area contributed by atoms with Crippen molar-refractivity contribution in [1.29, 1.82) is 0 Å². The van der Waals surface area contributed by atoms with Crippen molar-refractivity contribution in [3.8, 4) is 0 Å². The lowest BCUT2D eigenvalue weighted by molar-refractivity contribution is 0.217. The van der Waals surface area contributed by atoms with E-state index in [1.807, 2.05) is 12.1 Å². The van der Waals surface area contributed by atoms with Gasteiger partial charge in [0.1, 0.15) is 0 Å². The molecule has 0 aliphatic heterocycles. The van der Waals surface area contributed by atoms with E-state index in [0.29, 0.717) is 6.54 Å². The molecule has 0 saturated carbocycles. The summed E-state index contributed by atoms with van der Waals surface area (Å²) in [5, 5.41) is 6.06. The quantitative estimate of drug-likeness (QED) is 0.815. The van der Waals surface area contributed by atoms with Crippen molar-refractivity contribution >= 4 is 22.0 Å². The van der Waals surface area contributed by atoms with E-state index in [0.717, 1.165) is 17.6 Å². The number of rotatable bonds is 5. The summed E-state index contributed by atoms with van der Waals surface area (Å²) in [6, 6.07) is 8.11. The average Bonchev–Trinajstić information content (AvgIpc) is 2.30. The lowest BCUT2D eigenvalue weighted by Gasteiger charge is -2.12. The molecule has 1 aromatic carbocycles. The van der Waals surface area contributed by atoms with E-state index in [1.165, 1.54) is 10.5 Å². The minimum atomic E-state index is -0.0598. The van der Waals surface area contributed by atoms with Gasteiger partial charge in [0.15, 0.2) is 0 Å². The minimum absolute atomic E-state index is 0.0598. The number of carbonyl (C=O) groups excluding carboxylic acids is 1. The van der Waals surface area contributed by atoms with Gasteiger partial charge in [-0.25, -0.2) is 4.79 Å². The summed E-state index contributed by atoms with van der Waals surface area (Å²) in [5.74, 6) is 0. The van der Waals surface area contributed by atoms with Gasteiger partial charge in [-0.1, -0.05) is 28.1 Å². The first-order chi connectivity index (χ1) is 8.09. The van der Waals surface area contributed by atoms with Crippen LogP contribution in [0.5, 0.6) is 0 Å². The molecular weight excluding hydrogens is 282 g/mol. The van der Waals surface area contributed by atoms with Gasteiger partial charge in [-0.05, 0) is 17.7 Å². The van der Waals surface area contributed by atoms with E-state index in [2.05, 4.69) is 38.7 Å². The van der Waals surface area contributed by atoms with E-state index in [1.54, 1.807) is 14.1 Å². The molecular formula is C12H18BrN3O. The van der Waals surface area contributed by atoms with Crippen molar-refractivity contribution in [1.82, 2.24) is 15.5 Å². The number of carbonyl (C=O) groups is 1. The Morgan fingerprint density at radius 1 is 1.24 bits per heavy atom. The molecule has 1 rings (SSSR count). The Hall–Kier alpha value is -1.07. The van der Waals surface area contributed by atoms with Crippen molar-refractivity contribution in [3.63, 3.8) is 0 Å². The van der Waals surface area contributed by atoms with Crippen LogP contribution in [0.2, 0.25) is 0 Å². The van der Waals surface area contributed by atoms with Gasteiger partial charge in [-0.2, -0.15) is 0 Å². The molecule has 0 bridgehead atoms. The smallest absolute Gasteiger partial charge is 0.316 e. The molecule has 0 radical (unpaired) electrons. The topological polar surface area (TPSA) is 44.4 Å². The first kappa shape index (κ1) is 14.0. The summed E-state index contributed by atoms with van der Waals surface area (Å²) in [6.45, 7) is 2.20. The average molecular weight is 300 g/mol. The van der Waals surface area contributed by atoms with Crippen molar-refractivity contribution in [2.24, 2.45) is 0 Å². The number of halogens is 1. The predicted octanol–water partition coefficient (Wildman–Crippen LogP) is 1.81. The molecule has 5 heteroatoms. The molecule has 2 N–H and O–H groups in total. The van der Waals surface area contributed by atoms with Gasteiger partial charge in [0.25, 0.3) is 0 Å². The molecule has 0 aliphatic carbocycles. The summed E-state index contributed by atoms with van der Waals surface area (Å²) in [4.78, 5) is 12.7. The maximum atomic E-state index is 11.2. The second-order valence-electron chi connectivity index (χ2n) is 3.93. The monoisotopic (exact) mass is 299 g/mol. The van der Waals surface area contributed by atoms with Gasteiger partial charge in [0.2, 0.25) is 0 Å². The van der Waals surface area contributed by atoms with Crippen LogP contribution >= 0.6 is 15.9 Å². The highest BCUT2D eigenvalue weighted by Crippen LogP contribution is 2.09. The number of benzene rings is 1. The van der Waals surface area contributed by atoms with Gasteiger partial charge in [0, 0.05) is 38.2 Å². The highest BCUT2D eigenvalue weighted by atomic mass is 79.9. The van der Waals surface area contributed by atoms with Crippen LogP contribution < -0.4 is 10.6 Å². The Morgan fingerprint density at radius 3 is 2.47 bits per heavy atom. The van der Waals surface area contributed by atoms with Crippen molar-refractivity contribution in [2.45, 2.75) is 6.54 Å². The van der Waals surface area contributed by atoms with E-state index in [-0.39, 0.29) is 6.03 Å². The fraction of sp³-hybridized carbons (Fsp3) is 0.417. The number of nitrogens with zero attached hydrogens (tertiary/aromatic N) is 1. The Morgan fingerprint density at radius 2 is 1.88 bits per heavy atom. The Bertz CT molecular complexity index is 351. The Balaban J connectivity index is 2.12. The van der Waals surface area contributed by atoms with Gasteiger partial charge in [0.05, 0.1) is 0 Å². The molecule has 0 aliphatic rings. The van der Waals surface area contributed by atoms with Gasteiger partial charge < -0.3 is 15.5 Å². The van der Waals surface area contributed by atoms with E-state index in [4.69, 9.17) is 0 Å². The summed E-state index contributed by atoms with van der Waals surface area (Å²) in [5.41, 5.74) is 1.23. The number of nitrogens with one attached hydrogen (secondary N) is 2. The second kappa shape index (κ2) is 7.29. The molecule has 0 heterocycles. The molecule has 94 valence electrons. The van der Waals surface area contributed by atoms with Gasteiger partial charge in [-0.15, -0.1) is 0 Å². The standard InChI is InChI=1S/C12H18BrN3O/c1-16(2)12(17)15-8-7-14-9-10-3-5-11(13)6-4-10/h3-6,14H,7-9H2,1-2H3,(H,15,17). The molecule has 4 nitrogen and oxygen atoms in total. The number of amides is 2. The molecule has 0 aromatic heterocycles. The second-order valence-corrected chi connectivity index (χ2v) is 4.85. The molecule has 2 amide bonds. The van der Waals surface area contributed by atoms with Gasteiger partial charge in [-0.3, -0.25) is 0 Å². The maximum absolute atomic E-state index is 11.2. The predicted molar refractivity (Wildman–Crippen MR) is 72.9 cm³/mol. The van der Waals surface area contributed by atoms with Gasteiger partial charge >= 0.3 is 6.03 Å². The SMILES string of the molecule is CN(C)C(=O)NCCNCc1ccc(Br)cc1. The fourth-order valence-corrected chi connectivity index (χ4v) is 1.52. The zero-order chi connectivity index (χ0) is 12.7. The molecule has 0 atom stereocenters. The lowest BCUT2D eigenvalue weighted by Crippen LogP contribution is -2.38. The maximum Gasteiger partial charge on any atom is 0.316 e. The molecule has 0 fully saturated rings. The summed E-state index contributed by atoms with van der Waals surface area (Å²) in [7, 11) is 3.45. The van der Waals surface area contributed by atoms with Crippen LogP contribution in [0.4, 0.5) is 4.79 Å². The van der Waals surface area contributed by atoms with Crippen LogP contribution in [0.1, 0.15) is 5.56 Å². The number of urea groups is 1. The third-order valence-electron chi connectivity index (χ3n) is 2.23. The van der Waals surface area contributed by atoms with Crippen LogP contribution in [-0.2, 0) is 6.54 Å². The van der Waals surface area contributed by atoms with E-state index < -0.39 is 0 Å². The lowest BCUT2D eigenvalue weighted by atomic mass is 10.2. The first-order valence-electron chi connectivity index (χ1n) is 5.50. The first-order valence-corrected chi connectivity index (χ1v) is 6.29. The van der Waals surface area contributed by atoms with Crippen LogP contribution in [-0.4, -0.2) is 38.1 Å². The van der Waals surface area contributed by atoms with Crippen LogP contribution in [0, 0.1) is 0 Å². The minimum Gasteiger partial charge on any atom is -0.337 e. The fourth-order valence-electron chi connectivity index (χ4n) is 1.25. The Labute approximate surface area is 111 Å². The van der Waals surface area contributed by atoms with Crippen molar-refractivity contribution in [3.05, 3.63) is 34.3 Å². The molecule has 17 heavy (non-hydrogen) atoms. The van der Waals surface area contributed by atoms with Crippen LogP contribution in [0.15, 0.2) is 28.7 Å². The van der Waals surface area contributed by atoms with Crippen LogP contribution in [0.25, 0.3) is 0 Å².